The van der Waals surface area contributed by atoms with E-state index in [1.165, 1.54) is 36.2 Å². The van der Waals surface area contributed by atoms with Gasteiger partial charge in [-0.1, -0.05) is 24.3 Å². The number of fused-ring (bicyclic) bond motifs is 2. The van der Waals surface area contributed by atoms with Crippen molar-refractivity contribution >= 4 is 11.6 Å². The predicted molar refractivity (Wildman–Crippen MR) is 124 cm³/mol. The standard InChI is InChI=1S/C26H37N3O2/c1-27-24-18-26(23-5-3-2-4-22(23)24)10-14-29(15-11-26)25(30)21-6-12-28(13-7-21)19-20-8-16-31-17-9-20/h2-5,20-21H,6-19H2,1H3/b27-24-. The van der Waals surface area contributed by atoms with Crippen molar-refractivity contribution in [3.63, 3.8) is 0 Å². The third kappa shape index (κ3) is 4.19. The molecular formula is C26H37N3O2. The Labute approximate surface area is 186 Å². The van der Waals surface area contributed by atoms with Crippen molar-refractivity contribution < 1.29 is 9.53 Å². The average Bonchev–Trinajstić information content (AvgIpc) is 3.14. The summed E-state index contributed by atoms with van der Waals surface area (Å²) in [4.78, 5) is 22.6. The summed E-state index contributed by atoms with van der Waals surface area (Å²) >= 11 is 0. The van der Waals surface area contributed by atoms with E-state index in [2.05, 4.69) is 39.1 Å². The highest BCUT2D eigenvalue weighted by Crippen LogP contribution is 2.46. The molecule has 1 aromatic rings. The molecule has 1 spiro atoms. The van der Waals surface area contributed by atoms with Crippen LogP contribution in [0.15, 0.2) is 29.3 Å². The first-order valence-electron chi connectivity index (χ1n) is 12.3. The lowest BCUT2D eigenvalue weighted by atomic mass is 9.73. The number of hydrogen-bond donors (Lipinski definition) is 0. The Morgan fingerprint density at radius 2 is 1.77 bits per heavy atom. The Bertz CT molecular complexity index is 814. The van der Waals surface area contributed by atoms with E-state index in [0.717, 1.165) is 77.4 Å². The molecule has 3 aliphatic heterocycles. The Kier molecular flexibility index (Phi) is 6.16. The number of hydrogen-bond acceptors (Lipinski definition) is 4. The van der Waals surface area contributed by atoms with Gasteiger partial charge in [-0.25, -0.2) is 0 Å². The normalized spacial score (nSPS) is 26.5. The van der Waals surface area contributed by atoms with Crippen molar-refractivity contribution in [1.29, 1.82) is 0 Å². The van der Waals surface area contributed by atoms with Crippen LogP contribution >= 0.6 is 0 Å². The van der Waals surface area contributed by atoms with Gasteiger partial charge in [0.1, 0.15) is 0 Å². The first-order valence-corrected chi connectivity index (χ1v) is 12.3. The number of rotatable bonds is 3. The van der Waals surface area contributed by atoms with Crippen LogP contribution in [0.5, 0.6) is 0 Å². The van der Waals surface area contributed by atoms with Crippen LogP contribution in [0.25, 0.3) is 0 Å². The molecule has 0 N–H and O–H groups in total. The second kappa shape index (κ2) is 9.03. The molecule has 4 aliphatic rings. The molecule has 0 radical (unpaired) electrons. The van der Waals surface area contributed by atoms with E-state index in [0.29, 0.717) is 5.91 Å². The van der Waals surface area contributed by atoms with Gasteiger partial charge in [-0.2, -0.15) is 0 Å². The maximum absolute atomic E-state index is 13.3. The highest BCUT2D eigenvalue weighted by Gasteiger charge is 2.45. The molecule has 5 rings (SSSR count). The molecular weight excluding hydrogens is 386 g/mol. The number of likely N-dealkylation sites (tertiary alicyclic amines) is 2. The molecule has 3 fully saturated rings. The fourth-order valence-electron chi connectivity index (χ4n) is 6.42. The quantitative estimate of drug-likeness (QED) is 0.747. The average molecular weight is 424 g/mol. The topological polar surface area (TPSA) is 45.1 Å². The summed E-state index contributed by atoms with van der Waals surface area (Å²) in [6, 6.07) is 8.79. The van der Waals surface area contributed by atoms with E-state index in [9.17, 15) is 4.79 Å². The number of piperidine rings is 2. The van der Waals surface area contributed by atoms with Gasteiger partial charge in [-0.15, -0.1) is 0 Å². The SMILES string of the molecule is C/N=C1/CC2(CCN(C(=O)C3CCN(CC4CCOCC4)CC3)CC2)c2ccccc21. The highest BCUT2D eigenvalue weighted by molar-refractivity contribution is 6.06. The van der Waals surface area contributed by atoms with Gasteiger partial charge in [-0.05, 0) is 75.1 Å². The summed E-state index contributed by atoms with van der Waals surface area (Å²) in [5.41, 5.74) is 4.23. The first-order chi connectivity index (χ1) is 15.2. The van der Waals surface area contributed by atoms with Crippen LogP contribution in [0, 0.1) is 11.8 Å². The number of benzene rings is 1. The fourth-order valence-corrected chi connectivity index (χ4v) is 6.42. The minimum atomic E-state index is 0.190. The second-order valence-electron chi connectivity index (χ2n) is 10.1. The molecule has 1 aromatic carbocycles. The lowest BCUT2D eigenvalue weighted by Crippen LogP contribution is -2.49. The minimum Gasteiger partial charge on any atom is -0.381 e. The summed E-state index contributed by atoms with van der Waals surface area (Å²) < 4.78 is 5.50. The van der Waals surface area contributed by atoms with Gasteiger partial charge in [0.25, 0.3) is 0 Å². The van der Waals surface area contributed by atoms with Crippen molar-refractivity contribution in [3.8, 4) is 0 Å². The summed E-state index contributed by atoms with van der Waals surface area (Å²) in [5, 5.41) is 0. The molecule has 0 saturated carbocycles. The van der Waals surface area contributed by atoms with Crippen molar-refractivity contribution in [2.24, 2.45) is 16.8 Å². The van der Waals surface area contributed by atoms with Crippen LogP contribution in [0.1, 0.15) is 56.1 Å². The van der Waals surface area contributed by atoms with Gasteiger partial charge in [0.05, 0.1) is 0 Å². The Balaban J connectivity index is 1.14. The number of carbonyl (C=O) groups is 1. The summed E-state index contributed by atoms with van der Waals surface area (Å²) in [5.74, 6) is 1.42. The zero-order valence-electron chi connectivity index (χ0n) is 19.0. The number of aliphatic imine (C=N–C) groups is 1. The van der Waals surface area contributed by atoms with Crippen LogP contribution in [-0.4, -0.2) is 74.4 Å². The van der Waals surface area contributed by atoms with Crippen molar-refractivity contribution in [1.82, 2.24) is 9.80 Å². The number of nitrogens with zero attached hydrogens (tertiary/aromatic N) is 3. The van der Waals surface area contributed by atoms with Crippen molar-refractivity contribution in [2.75, 3.05) is 53.0 Å². The van der Waals surface area contributed by atoms with Crippen LogP contribution in [0.3, 0.4) is 0 Å². The maximum Gasteiger partial charge on any atom is 0.225 e. The first kappa shape index (κ1) is 21.1. The van der Waals surface area contributed by atoms with Gasteiger partial charge in [-0.3, -0.25) is 9.79 Å². The minimum absolute atomic E-state index is 0.190. The zero-order chi connectivity index (χ0) is 21.3. The number of ether oxygens (including phenoxy) is 1. The van der Waals surface area contributed by atoms with Crippen molar-refractivity contribution in [2.45, 2.75) is 50.4 Å². The molecule has 3 heterocycles. The number of amides is 1. The van der Waals surface area contributed by atoms with Gasteiger partial charge in [0.15, 0.2) is 0 Å². The van der Waals surface area contributed by atoms with E-state index in [1.54, 1.807) is 0 Å². The predicted octanol–water partition coefficient (Wildman–Crippen LogP) is 3.51. The molecule has 0 aromatic heterocycles. The second-order valence-corrected chi connectivity index (χ2v) is 10.1. The summed E-state index contributed by atoms with van der Waals surface area (Å²) in [6.07, 6.45) is 7.62. The van der Waals surface area contributed by atoms with Gasteiger partial charge in [0.2, 0.25) is 5.91 Å². The van der Waals surface area contributed by atoms with Crippen LogP contribution in [-0.2, 0) is 14.9 Å². The lowest BCUT2D eigenvalue weighted by Gasteiger charge is -2.42. The van der Waals surface area contributed by atoms with Gasteiger partial charge in [0, 0.05) is 56.9 Å². The zero-order valence-corrected chi connectivity index (χ0v) is 19.0. The third-order valence-corrected chi connectivity index (χ3v) is 8.41. The molecule has 0 atom stereocenters. The molecule has 168 valence electrons. The monoisotopic (exact) mass is 423 g/mol. The molecule has 0 bridgehead atoms. The highest BCUT2D eigenvalue weighted by atomic mass is 16.5. The van der Waals surface area contributed by atoms with Gasteiger partial charge < -0.3 is 14.5 Å². The van der Waals surface area contributed by atoms with E-state index >= 15 is 0 Å². The Morgan fingerprint density at radius 1 is 1.06 bits per heavy atom. The Morgan fingerprint density at radius 3 is 2.48 bits per heavy atom. The smallest absolute Gasteiger partial charge is 0.225 e. The molecule has 31 heavy (non-hydrogen) atoms. The van der Waals surface area contributed by atoms with Crippen LogP contribution in [0.4, 0.5) is 0 Å². The van der Waals surface area contributed by atoms with E-state index in [4.69, 9.17) is 4.74 Å². The summed E-state index contributed by atoms with van der Waals surface area (Å²) in [6.45, 7) is 6.99. The van der Waals surface area contributed by atoms with Gasteiger partial charge >= 0.3 is 0 Å². The van der Waals surface area contributed by atoms with Crippen molar-refractivity contribution in [3.05, 3.63) is 35.4 Å². The maximum atomic E-state index is 13.3. The number of carbonyl (C=O) groups excluding carboxylic acids is 1. The van der Waals surface area contributed by atoms with Crippen LogP contribution in [0.2, 0.25) is 0 Å². The van der Waals surface area contributed by atoms with E-state index in [-0.39, 0.29) is 11.3 Å². The summed E-state index contributed by atoms with van der Waals surface area (Å²) in [7, 11) is 1.91. The molecule has 1 amide bonds. The molecule has 0 unspecified atom stereocenters. The molecule has 1 aliphatic carbocycles. The molecule has 5 heteroatoms. The molecule has 5 nitrogen and oxygen atoms in total. The van der Waals surface area contributed by atoms with E-state index in [1.807, 2.05) is 7.05 Å². The van der Waals surface area contributed by atoms with E-state index < -0.39 is 0 Å². The third-order valence-electron chi connectivity index (χ3n) is 8.41. The largest absolute Gasteiger partial charge is 0.381 e. The molecule has 3 saturated heterocycles. The van der Waals surface area contributed by atoms with Crippen LogP contribution < -0.4 is 0 Å². The Hall–Kier alpha value is -1.72. The fraction of sp³-hybridized carbons (Fsp3) is 0.692. The lowest BCUT2D eigenvalue weighted by molar-refractivity contribution is -0.138.